The Morgan fingerprint density at radius 2 is 1.71 bits per heavy atom. The number of hydrogen-bond acceptors (Lipinski definition) is 3. The monoisotopic (exact) mass is 486 g/mol. The van der Waals surface area contributed by atoms with E-state index in [0.29, 0.717) is 24.4 Å². The van der Waals surface area contributed by atoms with Crippen molar-refractivity contribution >= 4 is 35.0 Å². The number of amides is 2. The number of anilines is 2. The first-order chi connectivity index (χ1) is 17.1. The second-order valence-corrected chi connectivity index (χ2v) is 10.2. The third-order valence-electron chi connectivity index (χ3n) is 6.58. The van der Waals surface area contributed by atoms with Crippen LogP contribution in [0.2, 0.25) is 0 Å². The van der Waals surface area contributed by atoms with Crippen LogP contribution < -0.4 is 10.2 Å². The molecule has 1 aliphatic rings. The van der Waals surface area contributed by atoms with Gasteiger partial charge in [0.25, 0.3) is 5.91 Å². The van der Waals surface area contributed by atoms with E-state index >= 15 is 0 Å². The Bertz CT molecular complexity index is 1120. The summed E-state index contributed by atoms with van der Waals surface area (Å²) in [5.41, 5.74) is 3.69. The summed E-state index contributed by atoms with van der Waals surface area (Å²) in [6.07, 6.45) is 5.86. The molecule has 0 radical (unpaired) electrons. The van der Waals surface area contributed by atoms with E-state index in [2.05, 4.69) is 42.6 Å². The molecule has 0 aliphatic carbocycles. The predicted octanol–water partition coefficient (Wildman–Crippen LogP) is 7.21. The molecule has 0 fully saturated rings. The van der Waals surface area contributed by atoms with Crippen LogP contribution in [0.3, 0.4) is 0 Å². The predicted molar refractivity (Wildman–Crippen MR) is 146 cm³/mol. The molecule has 2 amide bonds. The number of unbranched alkanes of at least 4 members (excludes halogenated alkanes) is 1. The van der Waals surface area contributed by atoms with Gasteiger partial charge in [-0.15, -0.1) is 11.8 Å². The molecule has 4 rings (SSSR count). The molecular formula is C30H34N2O2S. The van der Waals surface area contributed by atoms with Gasteiger partial charge in [0.15, 0.2) is 0 Å². The Morgan fingerprint density at radius 3 is 2.46 bits per heavy atom. The van der Waals surface area contributed by atoms with Crippen LogP contribution in [0.25, 0.3) is 0 Å². The zero-order chi connectivity index (χ0) is 24.5. The van der Waals surface area contributed by atoms with E-state index in [1.165, 1.54) is 5.56 Å². The number of thioether (sulfide) groups is 1. The fourth-order valence-corrected chi connectivity index (χ4v) is 5.56. The van der Waals surface area contributed by atoms with Gasteiger partial charge in [-0.2, -0.15) is 0 Å². The number of fused-ring (bicyclic) bond motifs is 1. The first-order valence-electron chi connectivity index (χ1n) is 12.6. The first-order valence-corrected chi connectivity index (χ1v) is 13.6. The molecule has 1 N–H and O–H groups in total. The molecule has 4 nitrogen and oxygen atoms in total. The second kappa shape index (κ2) is 12.6. The molecule has 0 aromatic heterocycles. The van der Waals surface area contributed by atoms with E-state index in [0.717, 1.165) is 54.1 Å². The van der Waals surface area contributed by atoms with Gasteiger partial charge in [-0.3, -0.25) is 9.59 Å². The highest BCUT2D eigenvalue weighted by atomic mass is 32.2. The van der Waals surface area contributed by atoms with E-state index in [-0.39, 0.29) is 11.8 Å². The average Bonchev–Trinajstić information content (AvgIpc) is 2.90. The van der Waals surface area contributed by atoms with Crippen molar-refractivity contribution in [2.45, 2.75) is 50.3 Å². The van der Waals surface area contributed by atoms with Crippen molar-refractivity contribution < 1.29 is 9.59 Å². The lowest BCUT2D eigenvalue weighted by Gasteiger charge is -2.29. The Kier molecular flexibility index (Phi) is 9.02. The van der Waals surface area contributed by atoms with Crippen LogP contribution in [-0.4, -0.2) is 24.1 Å². The summed E-state index contributed by atoms with van der Waals surface area (Å²) in [5.74, 6) is 1.55. The van der Waals surface area contributed by atoms with Gasteiger partial charge in [-0.25, -0.2) is 0 Å². The van der Waals surface area contributed by atoms with Crippen LogP contribution in [0.1, 0.15) is 54.9 Å². The maximum absolute atomic E-state index is 13.1. The molecule has 0 spiro atoms. The van der Waals surface area contributed by atoms with Crippen LogP contribution in [0.15, 0.2) is 83.8 Å². The van der Waals surface area contributed by atoms with E-state index < -0.39 is 0 Å². The summed E-state index contributed by atoms with van der Waals surface area (Å²) in [7, 11) is 0. The third kappa shape index (κ3) is 6.98. The highest BCUT2D eigenvalue weighted by molar-refractivity contribution is 7.99. The summed E-state index contributed by atoms with van der Waals surface area (Å²) < 4.78 is 0. The van der Waals surface area contributed by atoms with Crippen molar-refractivity contribution in [2.75, 3.05) is 22.5 Å². The van der Waals surface area contributed by atoms with Crippen molar-refractivity contribution in [1.29, 1.82) is 0 Å². The molecule has 35 heavy (non-hydrogen) atoms. The molecule has 3 aromatic carbocycles. The SMILES string of the molecule is CCC(CCCCC(=O)Nc1ccc2c(c1)N(C(=O)c1ccccc1)CCS2)Cc1ccccc1. The Hall–Kier alpha value is -3.05. The molecule has 0 bridgehead atoms. The minimum atomic E-state index is -0.00314. The summed E-state index contributed by atoms with van der Waals surface area (Å²) in [5, 5.41) is 3.05. The molecule has 182 valence electrons. The fraction of sp³-hybridized carbons (Fsp3) is 0.333. The minimum absolute atomic E-state index is 0.00314. The zero-order valence-electron chi connectivity index (χ0n) is 20.4. The Balaban J connectivity index is 1.29. The van der Waals surface area contributed by atoms with Crippen LogP contribution in [0.4, 0.5) is 11.4 Å². The summed E-state index contributed by atoms with van der Waals surface area (Å²) in [4.78, 5) is 28.6. The van der Waals surface area contributed by atoms with E-state index in [1.54, 1.807) is 11.8 Å². The third-order valence-corrected chi connectivity index (χ3v) is 7.63. The number of nitrogens with one attached hydrogen (secondary N) is 1. The molecular weight excluding hydrogens is 452 g/mol. The van der Waals surface area contributed by atoms with Gasteiger partial charge in [0, 0.05) is 34.9 Å². The van der Waals surface area contributed by atoms with Gasteiger partial charge < -0.3 is 10.2 Å². The quantitative estimate of drug-likeness (QED) is 0.308. The Morgan fingerprint density at radius 1 is 0.971 bits per heavy atom. The van der Waals surface area contributed by atoms with E-state index in [1.807, 2.05) is 53.4 Å². The van der Waals surface area contributed by atoms with Crippen LogP contribution in [0, 0.1) is 5.92 Å². The number of nitrogens with zero attached hydrogens (tertiary/aromatic N) is 1. The van der Waals surface area contributed by atoms with Crippen molar-refractivity contribution in [3.63, 3.8) is 0 Å². The highest BCUT2D eigenvalue weighted by Gasteiger charge is 2.24. The van der Waals surface area contributed by atoms with Gasteiger partial charge >= 0.3 is 0 Å². The Labute approximate surface area is 213 Å². The molecule has 1 aliphatic heterocycles. The average molecular weight is 487 g/mol. The minimum Gasteiger partial charge on any atom is -0.326 e. The van der Waals surface area contributed by atoms with Crippen molar-refractivity contribution in [1.82, 2.24) is 0 Å². The standard InChI is InChI=1S/C30H34N2O2S/c1-2-23(21-24-12-5-3-6-13-24)11-9-10-16-29(33)31-26-17-18-28-27(22-26)32(19-20-35-28)30(34)25-14-7-4-8-15-25/h3-8,12-15,17-18,22-23H,2,9-11,16,19-21H2,1H3,(H,31,33). The molecule has 1 heterocycles. The first kappa shape index (κ1) is 25.1. The number of carbonyl (C=O) groups is 2. The fourth-order valence-electron chi connectivity index (χ4n) is 4.58. The number of benzene rings is 3. The van der Waals surface area contributed by atoms with Crippen LogP contribution >= 0.6 is 11.8 Å². The second-order valence-electron chi connectivity index (χ2n) is 9.11. The van der Waals surface area contributed by atoms with Gasteiger partial charge in [-0.05, 0) is 54.7 Å². The molecule has 3 aromatic rings. The maximum atomic E-state index is 13.1. The highest BCUT2D eigenvalue weighted by Crippen LogP contribution is 2.37. The number of hydrogen-bond donors (Lipinski definition) is 1. The van der Waals surface area contributed by atoms with E-state index in [9.17, 15) is 9.59 Å². The molecule has 5 heteroatoms. The molecule has 1 atom stereocenters. The zero-order valence-corrected chi connectivity index (χ0v) is 21.2. The van der Waals surface area contributed by atoms with Gasteiger partial charge in [0.2, 0.25) is 5.91 Å². The summed E-state index contributed by atoms with van der Waals surface area (Å²) in [6.45, 7) is 2.91. The lowest BCUT2D eigenvalue weighted by Crippen LogP contribution is -2.35. The molecule has 0 saturated carbocycles. The summed E-state index contributed by atoms with van der Waals surface area (Å²) >= 11 is 1.75. The normalized spacial score (nSPS) is 13.7. The lowest BCUT2D eigenvalue weighted by atomic mass is 9.91. The molecule has 1 unspecified atom stereocenters. The summed E-state index contributed by atoms with van der Waals surface area (Å²) in [6, 6.07) is 25.9. The number of carbonyl (C=O) groups excluding carboxylic acids is 2. The van der Waals surface area contributed by atoms with Crippen molar-refractivity contribution in [3.05, 3.63) is 90.0 Å². The smallest absolute Gasteiger partial charge is 0.258 e. The van der Waals surface area contributed by atoms with Gasteiger partial charge in [-0.1, -0.05) is 74.7 Å². The largest absolute Gasteiger partial charge is 0.326 e. The number of rotatable bonds is 10. The van der Waals surface area contributed by atoms with E-state index in [4.69, 9.17) is 0 Å². The van der Waals surface area contributed by atoms with Crippen molar-refractivity contribution in [2.24, 2.45) is 5.92 Å². The van der Waals surface area contributed by atoms with Crippen molar-refractivity contribution in [3.8, 4) is 0 Å². The topological polar surface area (TPSA) is 49.4 Å². The van der Waals surface area contributed by atoms with Crippen LogP contribution in [0.5, 0.6) is 0 Å². The van der Waals surface area contributed by atoms with Gasteiger partial charge in [0.05, 0.1) is 5.69 Å². The van der Waals surface area contributed by atoms with Gasteiger partial charge in [0.1, 0.15) is 0 Å². The lowest BCUT2D eigenvalue weighted by molar-refractivity contribution is -0.116. The molecule has 0 saturated heterocycles. The van der Waals surface area contributed by atoms with Crippen LogP contribution in [-0.2, 0) is 11.2 Å². The maximum Gasteiger partial charge on any atom is 0.258 e.